The van der Waals surface area contributed by atoms with Crippen molar-refractivity contribution in [3.05, 3.63) is 65.5 Å². The largest absolute Gasteiger partial charge is 0.321 e. The molecule has 3 aromatic carbocycles. The molecule has 0 atom stereocenters. The number of hydrogen-bond donors (Lipinski definition) is 2. The maximum atomic E-state index is 13.2. The van der Waals surface area contributed by atoms with Crippen molar-refractivity contribution in [3.63, 3.8) is 0 Å². The molecule has 25 heavy (non-hydrogen) atoms. The lowest BCUT2D eigenvalue weighted by molar-refractivity contribution is 0.103. The van der Waals surface area contributed by atoms with Gasteiger partial charge in [0.25, 0.3) is 15.9 Å². The molecule has 1 amide bonds. The third kappa shape index (κ3) is 2.44. The number of carbonyl (C=O) groups is 1. The van der Waals surface area contributed by atoms with Gasteiger partial charge in [0, 0.05) is 22.0 Å². The van der Waals surface area contributed by atoms with Gasteiger partial charge in [0.05, 0.1) is 10.6 Å². The van der Waals surface area contributed by atoms with Crippen LogP contribution in [0.5, 0.6) is 0 Å². The van der Waals surface area contributed by atoms with Crippen LogP contribution >= 0.6 is 0 Å². The summed E-state index contributed by atoms with van der Waals surface area (Å²) in [6.07, 6.45) is 0. The molecule has 4 rings (SSSR count). The van der Waals surface area contributed by atoms with Crippen molar-refractivity contribution in [2.24, 2.45) is 0 Å². The van der Waals surface area contributed by atoms with Gasteiger partial charge in [-0.05, 0) is 48.9 Å². The molecule has 0 aliphatic carbocycles. The van der Waals surface area contributed by atoms with E-state index in [1.54, 1.807) is 31.2 Å². The Morgan fingerprint density at radius 1 is 1.08 bits per heavy atom. The molecule has 3 aromatic rings. The maximum absolute atomic E-state index is 13.2. The molecule has 0 radical (unpaired) electrons. The molecule has 0 unspecified atom stereocenters. The summed E-state index contributed by atoms with van der Waals surface area (Å²) in [5.74, 6) is -0.687. The van der Waals surface area contributed by atoms with E-state index in [1.165, 1.54) is 24.3 Å². The molecule has 0 fully saturated rings. The summed E-state index contributed by atoms with van der Waals surface area (Å²) >= 11 is 0. The van der Waals surface area contributed by atoms with Crippen LogP contribution in [0, 0.1) is 12.7 Å². The van der Waals surface area contributed by atoms with Gasteiger partial charge in [0.15, 0.2) is 0 Å². The van der Waals surface area contributed by atoms with Crippen molar-refractivity contribution in [1.82, 2.24) is 0 Å². The number of halogens is 1. The van der Waals surface area contributed by atoms with Gasteiger partial charge in [-0.25, -0.2) is 12.8 Å². The quantitative estimate of drug-likeness (QED) is 0.752. The Bertz CT molecular complexity index is 1160. The third-order valence-electron chi connectivity index (χ3n) is 4.22. The van der Waals surface area contributed by atoms with Crippen LogP contribution in [0.15, 0.2) is 53.4 Å². The smallest absolute Gasteiger partial charge is 0.262 e. The molecular formula is C18H13FN2O3S. The van der Waals surface area contributed by atoms with Crippen LogP contribution < -0.4 is 10.0 Å². The van der Waals surface area contributed by atoms with E-state index in [-0.39, 0.29) is 10.8 Å². The highest BCUT2D eigenvalue weighted by Gasteiger charge is 2.26. The second-order valence-corrected chi connectivity index (χ2v) is 7.51. The fourth-order valence-corrected chi connectivity index (χ4v) is 4.37. The third-order valence-corrected chi connectivity index (χ3v) is 5.64. The molecule has 126 valence electrons. The highest BCUT2D eigenvalue weighted by Crippen LogP contribution is 2.37. The predicted octanol–water partition coefficient (Wildman–Crippen LogP) is 3.65. The molecule has 1 heterocycles. The van der Waals surface area contributed by atoms with Crippen LogP contribution in [-0.4, -0.2) is 14.3 Å². The standard InChI is InChI=1S/C18H13FN2O3S/c1-10-9-11(19)5-6-14(10)21-25(23,24)16-8-7-15-17-12(16)3-2-4-13(17)18(22)20-15/h2-9,21H,1H3,(H,20,22). The molecule has 1 aliphatic heterocycles. The zero-order chi connectivity index (χ0) is 17.8. The Hall–Kier alpha value is -2.93. The zero-order valence-electron chi connectivity index (χ0n) is 13.1. The van der Waals surface area contributed by atoms with E-state index < -0.39 is 15.8 Å². The van der Waals surface area contributed by atoms with Gasteiger partial charge >= 0.3 is 0 Å². The number of rotatable bonds is 3. The lowest BCUT2D eigenvalue weighted by Gasteiger charge is -2.13. The average molecular weight is 356 g/mol. The Kier molecular flexibility index (Phi) is 3.30. The van der Waals surface area contributed by atoms with Crippen molar-refractivity contribution in [2.45, 2.75) is 11.8 Å². The van der Waals surface area contributed by atoms with Gasteiger partial charge in [-0.3, -0.25) is 9.52 Å². The topological polar surface area (TPSA) is 75.3 Å². The van der Waals surface area contributed by atoms with Crippen LogP contribution in [0.3, 0.4) is 0 Å². The number of amides is 1. The van der Waals surface area contributed by atoms with Gasteiger partial charge in [-0.2, -0.15) is 0 Å². The number of aryl methyl sites for hydroxylation is 1. The minimum absolute atomic E-state index is 0.0633. The van der Waals surface area contributed by atoms with Gasteiger partial charge in [-0.1, -0.05) is 12.1 Å². The van der Waals surface area contributed by atoms with Crippen molar-refractivity contribution in [2.75, 3.05) is 10.0 Å². The van der Waals surface area contributed by atoms with Crippen LogP contribution in [0.2, 0.25) is 0 Å². The summed E-state index contributed by atoms with van der Waals surface area (Å²) in [6.45, 7) is 1.62. The Morgan fingerprint density at radius 2 is 1.88 bits per heavy atom. The lowest BCUT2D eigenvalue weighted by atomic mass is 10.1. The SMILES string of the molecule is Cc1cc(F)ccc1NS(=O)(=O)c1ccc2c3c(cccc13)C(=O)N2. The summed E-state index contributed by atoms with van der Waals surface area (Å²) < 4.78 is 41.5. The van der Waals surface area contributed by atoms with Crippen molar-refractivity contribution in [3.8, 4) is 0 Å². The summed E-state index contributed by atoms with van der Waals surface area (Å²) in [4.78, 5) is 12.0. The van der Waals surface area contributed by atoms with E-state index in [0.29, 0.717) is 33.3 Å². The first-order valence-electron chi connectivity index (χ1n) is 7.53. The number of carbonyl (C=O) groups excluding carboxylic acids is 1. The van der Waals surface area contributed by atoms with E-state index in [1.807, 2.05) is 0 Å². The summed E-state index contributed by atoms with van der Waals surface area (Å²) in [7, 11) is -3.91. The van der Waals surface area contributed by atoms with Crippen molar-refractivity contribution >= 4 is 38.1 Å². The number of benzene rings is 3. The van der Waals surface area contributed by atoms with Gasteiger partial charge in [0.1, 0.15) is 5.82 Å². The van der Waals surface area contributed by atoms with Gasteiger partial charge in [-0.15, -0.1) is 0 Å². The van der Waals surface area contributed by atoms with E-state index in [2.05, 4.69) is 10.0 Å². The first-order chi connectivity index (χ1) is 11.9. The second kappa shape index (κ2) is 5.29. The van der Waals surface area contributed by atoms with E-state index in [4.69, 9.17) is 0 Å². The fourth-order valence-electron chi connectivity index (χ4n) is 3.04. The van der Waals surface area contributed by atoms with Crippen LogP contribution in [-0.2, 0) is 10.0 Å². The molecule has 0 aromatic heterocycles. The minimum Gasteiger partial charge on any atom is -0.321 e. The number of sulfonamides is 1. The van der Waals surface area contributed by atoms with Gasteiger partial charge < -0.3 is 5.32 Å². The lowest BCUT2D eigenvalue weighted by Crippen LogP contribution is -2.14. The molecule has 1 aliphatic rings. The molecule has 0 saturated heterocycles. The average Bonchev–Trinajstić information content (AvgIpc) is 2.88. The summed E-state index contributed by atoms with van der Waals surface area (Å²) in [5, 5.41) is 3.77. The molecule has 0 bridgehead atoms. The van der Waals surface area contributed by atoms with E-state index in [0.717, 1.165) is 0 Å². The van der Waals surface area contributed by atoms with Crippen LogP contribution in [0.4, 0.5) is 15.8 Å². The molecule has 0 spiro atoms. The molecule has 5 nitrogen and oxygen atoms in total. The maximum Gasteiger partial charge on any atom is 0.262 e. The predicted molar refractivity (Wildman–Crippen MR) is 93.8 cm³/mol. The highest BCUT2D eigenvalue weighted by molar-refractivity contribution is 7.93. The number of anilines is 2. The Morgan fingerprint density at radius 3 is 2.64 bits per heavy atom. The Balaban J connectivity index is 1.87. The number of nitrogens with one attached hydrogen (secondary N) is 2. The normalized spacial score (nSPS) is 13.1. The minimum atomic E-state index is -3.91. The Labute approximate surface area is 143 Å². The molecule has 2 N–H and O–H groups in total. The highest BCUT2D eigenvalue weighted by atomic mass is 32.2. The fraction of sp³-hybridized carbons (Fsp3) is 0.0556. The van der Waals surface area contributed by atoms with Crippen molar-refractivity contribution in [1.29, 1.82) is 0 Å². The molecule has 0 saturated carbocycles. The summed E-state index contributed by atoms with van der Waals surface area (Å²) in [5.41, 5.74) is 1.82. The second-order valence-electron chi connectivity index (χ2n) is 5.86. The zero-order valence-corrected chi connectivity index (χ0v) is 13.9. The summed E-state index contributed by atoms with van der Waals surface area (Å²) in [6, 6.07) is 11.8. The van der Waals surface area contributed by atoms with E-state index in [9.17, 15) is 17.6 Å². The van der Waals surface area contributed by atoms with Gasteiger partial charge in [0.2, 0.25) is 0 Å². The van der Waals surface area contributed by atoms with Crippen molar-refractivity contribution < 1.29 is 17.6 Å². The van der Waals surface area contributed by atoms with E-state index >= 15 is 0 Å². The molecular weight excluding hydrogens is 343 g/mol. The number of hydrogen-bond acceptors (Lipinski definition) is 3. The van der Waals surface area contributed by atoms with Crippen LogP contribution in [0.25, 0.3) is 10.8 Å². The first-order valence-corrected chi connectivity index (χ1v) is 9.01. The first kappa shape index (κ1) is 15.6. The molecule has 7 heteroatoms. The monoisotopic (exact) mass is 356 g/mol. The van der Waals surface area contributed by atoms with Crippen LogP contribution in [0.1, 0.15) is 15.9 Å².